The third-order valence-electron chi connectivity index (χ3n) is 2.16. The molecule has 2 nitrogen and oxygen atoms in total. The molecule has 1 aromatic carbocycles. The van der Waals surface area contributed by atoms with Crippen molar-refractivity contribution in [3.63, 3.8) is 0 Å². The molecule has 5 heteroatoms. The molecule has 0 aliphatic rings. The molecule has 1 aromatic rings. The van der Waals surface area contributed by atoms with Crippen LogP contribution in [-0.2, 0) is 0 Å². The highest BCUT2D eigenvalue weighted by Gasteiger charge is 2.13. The normalized spacial score (nSPS) is 12.8. The molecular formula is C10H13Cl3N2. The number of rotatable bonds is 5. The van der Waals surface area contributed by atoms with Crippen LogP contribution in [0.25, 0.3) is 0 Å². The van der Waals surface area contributed by atoms with Crippen LogP contribution in [0.4, 0.5) is 0 Å². The molecule has 0 saturated carbocycles. The predicted molar refractivity (Wildman–Crippen MR) is 66.5 cm³/mol. The van der Waals surface area contributed by atoms with Crippen LogP contribution in [0.1, 0.15) is 24.4 Å². The first kappa shape index (κ1) is 13.1. The van der Waals surface area contributed by atoms with E-state index in [9.17, 15) is 0 Å². The van der Waals surface area contributed by atoms with Crippen LogP contribution in [-0.4, -0.2) is 5.88 Å². The molecule has 0 amide bonds. The topological polar surface area (TPSA) is 38.0 Å². The van der Waals surface area contributed by atoms with Gasteiger partial charge in [0.15, 0.2) is 0 Å². The van der Waals surface area contributed by atoms with Crippen molar-refractivity contribution >= 4 is 34.8 Å². The highest BCUT2D eigenvalue weighted by molar-refractivity contribution is 6.33. The number of benzene rings is 1. The molecule has 0 heterocycles. The molecule has 84 valence electrons. The number of alkyl halides is 1. The Bertz CT molecular complexity index is 318. The van der Waals surface area contributed by atoms with E-state index < -0.39 is 0 Å². The fourth-order valence-electron chi connectivity index (χ4n) is 1.39. The Labute approximate surface area is 105 Å². The summed E-state index contributed by atoms with van der Waals surface area (Å²) >= 11 is 17.6. The van der Waals surface area contributed by atoms with Gasteiger partial charge in [0.05, 0.1) is 0 Å². The molecule has 1 rings (SSSR count). The minimum absolute atomic E-state index is 0.00468. The summed E-state index contributed by atoms with van der Waals surface area (Å²) in [6.07, 6.45) is 1.71. The Morgan fingerprint density at radius 3 is 2.67 bits per heavy atom. The van der Waals surface area contributed by atoms with Gasteiger partial charge in [-0.3, -0.25) is 11.3 Å². The van der Waals surface area contributed by atoms with Crippen LogP contribution in [0.2, 0.25) is 10.0 Å². The van der Waals surface area contributed by atoms with E-state index >= 15 is 0 Å². The summed E-state index contributed by atoms with van der Waals surface area (Å²) in [5, 5.41) is 1.32. The number of hydrogen-bond donors (Lipinski definition) is 2. The lowest BCUT2D eigenvalue weighted by molar-refractivity contribution is 0.511. The Morgan fingerprint density at radius 2 is 2.07 bits per heavy atom. The predicted octanol–water partition coefficient (Wildman–Crippen LogP) is 3.52. The van der Waals surface area contributed by atoms with Crippen molar-refractivity contribution in [1.82, 2.24) is 5.43 Å². The molecule has 0 radical (unpaired) electrons. The summed E-state index contributed by atoms with van der Waals surface area (Å²) in [6, 6.07) is 5.34. The average molecular weight is 268 g/mol. The summed E-state index contributed by atoms with van der Waals surface area (Å²) in [7, 11) is 0. The highest BCUT2D eigenvalue weighted by atomic mass is 35.5. The SMILES string of the molecule is NNC(CCCCl)c1cc(Cl)ccc1Cl. The lowest BCUT2D eigenvalue weighted by Gasteiger charge is -2.17. The molecule has 3 N–H and O–H groups in total. The van der Waals surface area contributed by atoms with Crippen LogP contribution in [0, 0.1) is 0 Å². The van der Waals surface area contributed by atoms with Gasteiger partial charge < -0.3 is 0 Å². The standard InChI is InChI=1S/C10H13Cl3N2/c11-5-1-2-10(15-14)8-6-7(12)3-4-9(8)13/h3-4,6,10,15H,1-2,5,14H2. The summed E-state index contributed by atoms with van der Waals surface area (Å²) in [5.74, 6) is 6.08. The van der Waals surface area contributed by atoms with Crippen LogP contribution >= 0.6 is 34.8 Å². The summed E-state index contributed by atoms with van der Waals surface area (Å²) in [6.45, 7) is 0. The minimum atomic E-state index is -0.00468. The fourth-order valence-corrected chi connectivity index (χ4v) is 1.98. The van der Waals surface area contributed by atoms with Crippen molar-refractivity contribution in [1.29, 1.82) is 0 Å². The molecule has 0 saturated heterocycles. The van der Waals surface area contributed by atoms with Gasteiger partial charge in [-0.2, -0.15) is 0 Å². The van der Waals surface area contributed by atoms with Gasteiger partial charge in [0.25, 0.3) is 0 Å². The molecule has 0 spiro atoms. The van der Waals surface area contributed by atoms with E-state index in [4.69, 9.17) is 40.6 Å². The van der Waals surface area contributed by atoms with Crippen molar-refractivity contribution in [2.24, 2.45) is 5.84 Å². The lowest BCUT2D eigenvalue weighted by Crippen LogP contribution is -2.28. The molecule has 1 unspecified atom stereocenters. The van der Waals surface area contributed by atoms with Crippen molar-refractivity contribution in [2.75, 3.05) is 5.88 Å². The molecule has 1 atom stereocenters. The Balaban J connectivity index is 2.85. The zero-order valence-corrected chi connectivity index (χ0v) is 10.4. The third-order valence-corrected chi connectivity index (χ3v) is 3.01. The maximum atomic E-state index is 6.06. The van der Waals surface area contributed by atoms with Gasteiger partial charge >= 0.3 is 0 Å². The van der Waals surface area contributed by atoms with Crippen LogP contribution in [0.15, 0.2) is 18.2 Å². The number of nitrogens with one attached hydrogen (secondary N) is 1. The van der Waals surface area contributed by atoms with Crippen molar-refractivity contribution in [3.8, 4) is 0 Å². The molecule has 0 bridgehead atoms. The second-order valence-electron chi connectivity index (χ2n) is 3.22. The van der Waals surface area contributed by atoms with Crippen LogP contribution < -0.4 is 11.3 Å². The van der Waals surface area contributed by atoms with E-state index in [0.29, 0.717) is 15.9 Å². The maximum absolute atomic E-state index is 6.06. The van der Waals surface area contributed by atoms with E-state index in [0.717, 1.165) is 18.4 Å². The van der Waals surface area contributed by atoms with Gasteiger partial charge in [-0.1, -0.05) is 23.2 Å². The fraction of sp³-hybridized carbons (Fsp3) is 0.400. The van der Waals surface area contributed by atoms with Gasteiger partial charge in [-0.25, -0.2) is 0 Å². The lowest BCUT2D eigenvalue weighted by atomic mass is 10.0. The maximum Gasteiger partial charge on any atom is 0.0475 e. The molecule has 0 aliphatic heterocycles. The third kappa shape index (κ3) is 3.82. The largest absolute Gasteiger partial charge is 0.271 e. The van der Waals surface area contributed by atoms with E-state index in [1.807, 2.05) is 6.07 Å². The van der Waals surface area contributed by atoms with Gasteiger partial charge in [0.1, 0.15) is 0 Å². The molecule has 0 fully saturated rings. The van der Waals surface area contributed by atoms with E-state index in [1.165, 1.54) is 0 Å². The van der Waals surface area contributed by atoms with Gasteiger partial charge in [-0.05, 0) is 36.6 Å². The first-order valence-electron chi connectivity index (χ1n) is 4.66. The Kier molecular flexibility index (Phi) is 5.72. The molecule has 0 aromatic heterocycles. The van der Waals surface area contributed by atoms with Crippen LogP contribution in [0.3, 0.4) is 0 Å². The molecular weight excluding hydrogens is 254 g/mol. The first-order chi connectivity index (χ1) is 7.19. The summed E-state index contributed by atoms with van der Waals surface area (Å²) in [5.41, 5.74) is 3.63. The van der Waals surface area contributed by atoms with E-state index in [2.05, 4.69) is 5.43 Å². The molecule has 0 aliphatic carbocycles. The summed E-state index contributed by atoms with van der Waals surface area (Å²) in [4.78, 5) is 0. The zero-order chi connectivity index (χ0) is 11.3. The number of hydrogen-bond acceptors (Lipinski definition) is 2. The van der Waals surface area contributed by atoms with E-state index in [-0.39, 0.29) is 6.04 Å². The van der Waals surface area contributed by atoms with Gasteiger partial charge in [0.2, 0.25) is 0 Å². The number of hydrazine groups is 1. The average Bonchev–Trinajstić information content (AvgIpc) is 2.24. The second kappa shape index (κ2) is 6.56. The van der Waals surface area contributed by atoms with Gasteiger partial charge in [-0.15, -0.1) is 11.6 Å². The minimum Gasteiger partial charge on any atom is -0.271 e. The van der Waals surface area contributed by atoms with Crippen molar-refractivity contribution in [3.05, 3.63) is 33.8 Å². The Morgan fingerprint density at radius 1 is 1.33 bits per heavy atom. The first-order valence-corrected chi connectivity index (χ1v) is 5.95. The van der Waals surface area contributed by atoms with Crippen molar-refractivity contribution < 1.29 is 0 Å². The number of nitrogens with two attached hydrogens (primary N) is 1. The Hall–Kier alpha value is 0.01000. The second-order valence-corrected chi connectivity index (χ2v) is 4.44. The monoisotopic (exact) mass is 266 g/mol. The van der Waals surface area contributed by atoms with Crippen molar-refractivity contribution in [2.45, 2.75) is 18.9 Å². The molecule has 15 heavy (non-hydrogen) atoms. The van der Waals surface area contributed by atoms with E-state index in [1.54, 1.807) is 12.1 Å². The summed E-state index contributed by atoms with van der Waals surface area (Å²) < 4.78 is 0. The highest BCUT2D eigenvalue weighted by Crippen LogP contribution is 2.28. The van der Waals surface area contributed by atoms with Gasteiger partial charge in [0, 0.05) is 22.0 Å². The zero-order valence-electron chi connectivity index (χ0n) is 8.14. The number of halogens is 3. The smallest absolute Gasteiger partial charge is 0.0475 e. The quantitative estimate of drug-likeness (QED) is 0.487. The van der Waals surface area contributed by atoms with Crippen LogP contribution in [0.5, 0.6) is 0 Å².